The summed E-state index contributed by atoms with van der Waals surface area (Å²) >= 11 is 0. The van der Waals surface area contributed by atoms with Gasteiger partial charge in [0.15, 0.2) is 12.2 Å². The van der Waals surface area contributed by atoms with Crippen LogP contribution in [0.25, 0.3) is 0 Å². The van der Waals surface area contributed by atoms with Crippen molar-refractivity contribution in [2.24, 2.45) is 5.92 Å². The Kier molecular flexibility index (Phi) is 65.9. The second kappa shape index (κ2) is 67.7. The molecule has 17 nitrogen and oxygen atoms in total. The Labute approximate surface area is 573 Å². The van der Waals surface area contributed by atoms with Gasteiger partial charge in [-0.05, 0) is 57.3 Å². The van der Waals surface area contributed by atoms with Crippen LogP contribution in [0.15, 0.2) is 24.3 Å². The van der Waals surface area contributed by atoms with Crippen LogP contribution in [0.1, 0.15) is 369 Å². The number of aliphatic hydroxyl groups excluding tert-OH is 1. The Morgan fingerprint density at radius 3 is 0.872 bits per heavy atom. The number of ether oxygens (including phenoxy) is 4. The number of carbonyl (C=O) groups excluding carboxylic acids is 4. The number of phosphoric acid groups is 2. The molecule has 3 N–H and O–H groups in total. The van der Waals surface area contributed by atoms with Crippen LogP contribution in [0.4, 0.5) is 0 Å². The third kappa shape index (κ3) is 68.1. The zero-order chi connectivity index (χ0) is 69.1. The number of hydrogen-bond acceptors (Lipinski definition) is 15. The maximum Gasteiger partial charge on any atom is 0.472 e. The van der Waals surface area contributed by atoms with Gasteiger partial charge < -0.3 is 33.8 Å². The van der Waals surface area contributed by atoms with Gasteiger partial charge in [0, 0.05) is 25.7 Å². The van der Waals surface area contributed by atoms with Gasteiger partial charge in [-0.3, -0.25) is 37.3 Å². The minimum atomic E-state index is -4.96. The summed E-state index contributed by atoms with van der Waals surface area (Å²) in [5.74, 6) is -1.44. The van der Waals surface area contributed by atoms with Crippen LogP contribution in [0.3, 0.4) is 0 Å². The fraction of sp³-hybridized carbons (Fsp3) is 0.893. The Morgan fingerprint density at radius 2 is 0.574 bits per heavy atom. The fourth-order valence-corrected chi connectivity index (χ4v) is 12.6. The molecule has 2 unspecified atom stereocenters. The van der Waals surface area contributed by atoms with Gasteiger partial charge >= 0.3 is 39.5 Å². The van der Waals surface area contributed by atoms with Gasteiger partial charge in [0.1, 0.15) is 19.3 Å². The van der Waals surface area contributed by atoms with Gasteiger partial charge in [0.2, 0.25) is 0 Å². The molecule has 94 heavy (non-hydrogen) atoms. The second-order valence-corrected chi connectivity index (χ2v) is 29.7. The molecule has 19 heteroatoms. The van der Waals surface area contributed by atoms with Gasteiger partial charge in [0.25, 0.3) is 0 Å². The Morgan fingerprint density at radius 1 is 0.330 bits per heavy atom. The highest BCUT2D eigenvalue weighted by atomic mass is 31.2. The molecule has 0 aromatic heterocycles. The summed E-state index contributed by atoms with van der Waals surface area (Å²) in [5.41, 5.74) is 0. The van der Waals surface area contributed by atoms with Crippen molar-refractivity contribution < 1.29 is 80.2 Å². The van der Waals surface area contributed by atoms with Gasteiger partial charge in [-0.2, -0.15) is 0 Å². The van der Waals surface area contributed by atoms with Crippen molar-refractivity contribution in [1.29, 1.82) is 0 Å². The van der Waals surface area contributed by atoms with E-state index >= 15 is 0 Å². The standard InChI is InChI=1S/C75H142O17P2/c1-6-9-12-15-18-20-22-24-26-27-28-29-30-31-33-35-37-39-45-50-55-60-74(79)91-71(65-86-73(78)59-54-49-44-38-36-34-32-25-23-21-19-16-13-10-7-2)67-90-94(83,84)88-63-69(76)62-87-93(81,82)89-66-70(64-85-72(77)58-53-48-42-17-14-11-8-3)92-75(80)61-56-51-46-41-40-43-47-52-57-68(4)5/h21,23,25,32,68-71,76H,6-20,22,24,26-31,33-67H2,1-5H3,(H,81,82)(H,83,84)/b23-21-,32-25-/t69-,70+,71+/m0/s1. The maximum absolute atomic E-state index is 13.1. The molecule has 0 spiro atoms. The van der Waals surface area contributed by atoms with Gasteiger partial charge in [-0.15, -0.1) is 0 Å². The van der Waals surface area contributed by atoms with Crippen LogP contribution >= 0.6 is 15.6 Å². The van der Waals surface area contributed by atoms with E-state index in [0.29, 0.717) is 25.7 Å². The summed E-state index contributed by atoms with van der Waals surface area (Å²) in [5, 5.41) is 10.6. The third-order valence-electron chi connectivity index (χ3n) is 16.9. The number of allylic oxidation sites excluding steroid dienone is 4. The molecule has 0 fully saturated rings. The van der Waals surface area contributed by atoms with E-state index in [1.54, 1.807) is 0 Å². The number of hydrogen-bond donors (Lipinski definition) is 3. The normalized spacial score (nSPS) is 14.1. The lowest BCUT2D eigenvalue weighted by Crippen LogP contribution is -2.30. The first-order valence-electron chi connectivity index (χ1n) is 38.5. The van der Waals surface area contributed by atoms with Crippen molar-refractivity contribution in [2.75, 3.05) is 39.6 Å². The predicted molar refractivity (Wildman–Crippen MR) is 381 cm³/mol. The van der Waals surface area contributed by atoms with E-state index in [1.165, 1.54) is 161 Å². The molecule has 5 atom stereocenters. The van der Waals surface area contributed by atoms with Crippen molar-refractivity contribution in [3.63, 3.8) is 0 Å². The molecule has 0 rings (SSSR count). The molecular weight excluding hydrogens is 1230 g/mol. The Bertz CT molecular complexity index is 1900. The van der Waals surface area contributed by atoms with Crippen LogP contribution in [0.5, 0.6) is 0 Å². The van der Waals surface area contributed by atoms with Crippen molar-refractivity contribution in [3.8, 4) is 0 Å². The van der Waals surface area contributed by atoms with Crippen LogP contribution in [-0.2, 0) is 65.4 Å². The smallest absolute Gasteiger partial charge is 0.462 e. The lowest BCUT2D eigenvalue weighted by molar-refractivity contribution is -0.161. The summed E-state index contributed by atoms with van der Waals surface area (Å²) in [6.07, 6.45) is 59.4. The molecule has 554 valence electrons. The van der Waals surface area contributed by atoms with Crippen molar-refractivity contribution in [3.05, 3.63) is 24.3 Å². The minimum absolute atomic E-state index is 0.102. The zero-order valence-corrected chi connectivity index (χ0v) is 62.4. The van der Waals surface area contributed by atoms with E-state index in [0.717, 1.165) is 128 Å². The molecule has 0 aromatic carbocycles. The van der Waals surface area contributed by atoms with Crippen molar-refractivity contribution in [2.45, 2.75) is 387 Å². The average molecular weight is 1380 g/mol. The van der Waals surface area contributed by atoms with E-state index in [2.05, 4.69) is 58.9 Å². The van der Waals surface area contributed by atoms with Crippen molar-refractivity contribution in [1.82, 2.24) is 0 Å². The molecule has 0 aliphatic rings. The number of rotatable bonds is 73. The summed E-state index contributed by atoms with van der Waals surface area (Å²) in [4.78, 5) is 72.5. The van der Waals surface area contributed by atoms with Crippen LogP contribution in [-0.4, -0.2) is 96.7 Å². The molecule has 0 saturated carbocycles. The Hall–Kier alpha value is -2.46. The molecule has 0 heterocycles. The fourth-order valence-electron chi connectivity index (χ4n) is 11.0. The lowest BCUT2D eigenvalue weighted by Gasteiger charge is -2.21. The Balaban J connectivity index is 5.19. The highest BCUT2D eigenvalue weighted by Crippen LogP contribution is 2.45. The zero-order valence-electron chi connectivity index (χ0n) is 60.6. The highest BCUT2D eigenvalue weighted by molar-refractivity contribution is 7.47. The molecule has 0 amide bonds. The first-order valence-corrected chi connectivity index (χ1v) is 41.4. The van der Waals surface area contributed by atoms with Gasteiger partial charge in [-0.1, -0.05) is 316 Å². The molecule has 0 radical (unpaired) electrons. The molecule has 0 aliphatic heterocycles. The van der Waals surface area contributed by atoms with Crippen LogP contribution in [0, 0.1) is 5.92 Å². The monoisotopic (exact) mass is 1380 g/mol. The lowest BCUT2D eigenvalue weighted by atomic mass is 10.0. The van der Waals surface area contributed by atoms with E-state index < -0.39 is 97.5 Å². The molecule has 0 bridgehead atoms. The van der Waals surface area contributed by atoms with Crippen LogP contribution < -0.4 is 0 Å². The largest absolute Gasteiger partial charge is 0.472 e. The molecular formula is C75H142O17P2. The van der Waals surface area contributed by atoms with Crippen LogP contribution in [0.2, 0.25) is 0 Å². The number of aliphatic hydroxyl groups is 1. The third-order valence-corrected chi connectivity index (χ3v) is 18.8. The average Bonchev–Trinajstić information content (AvgIpc) is 1.17. The number of phosphoric ester groups is 2. The van der Waals surface area contributed by atoms with Gasteiger partial charge in [-0.25, -0.2) is 9.13 Å². The number of esters is 4. The molecule has 0 aromatic rings. The summed E-state index contributed by atoms with van der Waals surface area (Å²) in [6.45, 7) is 7.12. The van der Waals surface area contributed by atoms with E-state index in [9.17, 15) is 43.2 Å². The minimum Gasteiger partial charge on any atom is -0.462 e. The quantitative estimate of drug-likeness (QED) is 0.0169. The molecule has 0 aliphatic carbocycles. The topological polar surface area (TPSA) is 237 Å². The van der Waals surface area contributed by atoms with Gasteiger partial charge in [0.05, 0.1) is 26.4 Å². The number of unbranched alkanes of at least 4 members (excludes halogenated alkanes) is 42. The summed E-state index contributed by atoms with van der Waals surface area (Å²) in [7, 11) is -9.91. The van der Waals surface area contributed by atoms with E-state index in [1.807, 2.05) is 0 Å². The summed E-state index contributed by atoms with van der Waals surface area (Å²) < 4.78 is 68.3. The SMILES string of the molecule is CCCCCC/C=C\C=C/CCCCCCCC(=O)OC[C@H](COP(=O)(O)OC[C@@H](O)COP(=O)(O)OC[C@@H](COC(=O)CCCCCCCCC)OC(=O)CCCCCCCCCCC(C)C)OC(=O)CCCCCCCCCCCCCCCCCCCCCCC. The maximum atomic E-state index is 13.1. The highest BCUT2D eigenvalue weighted by Gasteiger charge is 2.30. The molecule has 0 saturated heterocycles. The second-order valence-electron chi connectivity index (χ2n) is 26.8. The van der Waals surface area contributed by atoms with E-state index in [4.69, 9.17) is 37.0 Å². The number of carbonyl (C=O) groups is 4. The van der Waals surface area contributed by atoms with Crippen molar-refractivity contribution >= 4 is 39.5 Å². The van der Waals surface area contributed by atoms with E-state index in [-0.39, 0.29) is 25.7 Å². The first-order chi connectivity index (χ1) is 45.5. The first kappa shape index (κ1) is 91.5. The summed E-state index contributed by atoms with van der Waals surface area (Å²) in [6, 6.07) is 0. The predicted octanol–water partition coefficient (Wildman–Crippen LogP) is 21.6.